The molecule has 0 radical (unpaired) electrons. The van der Waals surface area contributed by atoms with E-state index in [0.717, 1.165) is 49.2 Å². The minimum absolute atomic E-state index is 0.0796. The average Bonchev–Trinajstić information content (AvgIpc) is 3.18. The summed E-state index contributed by atoms with van der Waals surface area (Å²) >= 11 is 0. The normalized spacial score (nSPS) is 18.7. The van der Waals surface area contributed by atoms with Crippen molar-refractivity contribution < 1.29 is 42.1 Å². The number of nitrogens with zero attached hydrogens (tertiary/aromatic N) is 2. The van der Waals surface area contributed by atoms with Gasteiger partial charge in [-0.1, -0.05) is 38.0 Å². The number of hydrogen-bond acceptors (Lipinski definition) is 6. The van der Waals surface area contributed by atoms with Crippen molar-refractivity contribution in [2.24, 2.45) is 11.8 Å². The third-order valence-corrected chi connectivity index (χ3v) is 6.53. The van der Waals surface area contributed by atoms with Crippen molar-refractivity contribution >= 4 is 11.9 Å². The summed E-state index contributed by atoms with van der Waals surface area (Å²) in [6.45, 7) is 9.15. The lowest BCUT2D eigenvalue weighted by atomic mass is 9.86. The second-order valence-corrected chi connectivity index (χ2v) is 10.1. The van der Waals surface area contributed by atoms with E-state index in [1.54, 1.807) is 0 Å². The summed E-state index contributed by atoms with van der Waals surface area (Å²) in [6.07, 6.45) is -0.691. The van der Waals surface area contributed by atoms with Crippen LogP contribution in [0.25, 0.3) is 11.5 Å². The van der Waals surface area contributed by atoms with Crippen LogP contribution >= 0.6 is 0 Å². The van der Waals surface area contributed by atoms with Crippen LogP contribution in [0, 0.1) is 25.7 Å². The van der Waals surface area contributed by atoms with Gasteiger partial charge in [0.25, 0.3) is 0 Å². The first-order chi connectivity index (χ1) is 17.7. The van der Waals surface area contributed by atoms with Gasteiger partial charge >= 0.3 is 18.1 Å². The molecule has 11 heteroatoms. The maximum Gasteiger partial charge on any atom is 0.490 e. The van der Waals surface area contributed by atoms with Gasteiger partial charge in [0.2, 0.25) is 5.89 Å². The van der Waals surface area contributed by atoms with E-state index in [0.29, 0.717) is 18.4 Å². The third kappa shape index (κ3) is 9.43. The molecule has 8 nitrogen and oxygen atoms in total. The van der Waals surface area contributed by atoms with Crippen molar-refractivity contribution in [2.75, 3.05) is 13.6 Å². The predicted octanol–water partition coefficient (Wildman–Crippen LogP) is 5.71. The van der Waals surface area contributed by atoms with E-state index >= 15 is 0 Å². The van der Waals surface area contributed by atoms with Gasteiger partial charge in [0.15, 0.2) is 0 Å². The van der Waals surface area contributed by atoms with Gasteiger partial charge in [0.1, 0.15) is 17.5 Å². The Balaban J connectivity index is 0.000000638. The number of oxazole rings is 1. The molecule has 1 saturated carbocycles. The van der Waals surface area contributed by atoms with Crippen LogP contribution < -0.4 is 0 Å². The lowest BCUT2D eigenvalue weighted by Gasteiger charge is -2.35. The van der Waals surface area contributed by atoms with E-state index in [-0.39, 0.29) is 12.0 Å². The van der Waals surface area contributed by atoms with Crippen molar-refractivity contribution in [2.45, 2.75) is 78.3 Å². The van der Waals surface area contributed by atoms with Gasteiger partial charge in [0, 0.05) is 12.1 Å². The maximum absolute atomic E-state index is 11.6. The SMILES string of the molecule is Cc1ccc(-c2nc(COC3CCCC(CN(C)[C@H](C(=O)O)C(C)C)C3)c(C)o2)cc1.O=C(O)C(F)(F)F. The highest BCUT2D eigenvalue weighted by atomic mass is 19.4. The first-order valence-electron chi connectivity index (χ1n) is 12.6. The van der Waals surface area contributed by atoms with Gasteiger partial charge in [-0.15, -0.1) is 0 Å². The highest BCUT2D eigenvalue weighted by Crippen LogP contribution is 2.29. The molecule has 2 N–H and O–H groups in total. The molecule has 38 heavy (non-hydrogen) atoms. The first kappa shape index (κ1) is 31.3. The Morgan fingerprint density at radius 1 is 1.16 bits per heavy atom. The molecule has 0 bridgehead atoms. The van der Waals surface area contributed by atoms with E-state index in [1.807, 2.05) is 44.9 Å². The zero-order valence-electron chi connectivity index (χ0n) is 22.4. The van der Waals surface area contributed by atoms with Crippen molar-refractivity contribution in [3.8, 4) is 11.5 Å². The van der Waals surface area contributed by atoms with Crippen LogP contribution in [0.1, 0.15) is 56.5 Å². The topological polar surface area (TPSA) is 113 Å². The summed E-state index contributed by atoms with van der Waals surface area (Å²) in [5, 5.41) is 16.7. The van der Waals surface area contributed by atoms with E-state index < -0.39 is 24.2 Å². The molecule has 3 atom stereocenters. The van der Waals surface area contributed by atoms with E-state index in [9.17, 15) is 23.1 Å². The Bertz CT molecular complexity index is 1050. The number of rotatable bonds is 9. The predicted molar refractivity (Wildman–Crippen MR) is 135 cm³/mol. The molecule has 3 rings (SSSR count). The maximum atomic E-state index is 11.6. The molecule has 0 aliphatic heterocycles. The fraction of sp³-hybridized carbons (Fsp3) is 0.593. The van der Waals surface area contributed by atoms with Gasteiger partial charge in [0.05, 0.1) is 12.7 Å². The van der Waals surface area contributed by atoms with Crippen molar-refractivity contribution in [1.29, 1.82) is 0 Å². The molecular weight excluding hydrogens is 505 g/mol. The van der Waals surface area contributed by atoms with Crippen molar-refractivity contribution in [1.82, 2.24) is 9.88 Å². The van der Waals surface area contributed by atoms with E-state index in [4.69, 9.17) is 19.1 Å². The molecule has 1 aliphatic rings. The Labute approximate surface area is 220 Å². The van der Waals surface area contributed by atoms with Gasteiger partial charge in [-0.25, -0.2) is 9.78 Å². The van der Waals surface area contributed by atoms with Crippen LogP contribution in [0.15, 0.2) is 28.7 Å². The smallest absolute Gasteiger partial charge is 0.480 e. The summed E-state index contributed by atoms with van der Waals surface area (Å²) in [5.74, 6) is -1.54. The highest BCUT2D eigenvalue weighted by Gasteiger charge is 2.38. The summed E-state index contributed by atoms with van der Waals surface area (Å²) in [6, 6.07) is 7.71. The highest BCUT2D eigenvalue weighted by molar-refractivity contribution is 5.73. The number of carbonyl (C=O) groups is 2. The number of carboxylic acids is 2. The fourth-order valence-electron chi connectivity index (χ4n) is 4.64. The molecule has 1 heterocycles. The van der Waals surface area contributed by atoms with Crippen LogP contribution in [-0.4, -0.2) is 64.0 Å². The number of aromatic nitrogens is 1. The number of ether oxygens (including phenoxy) is 1. The number of likely N-dealkylation sites (N-methyl/N-ethyl adjacent to an activating group) is 1. The zero-order valence-corrected chi connectivity index (χ0v) is 22.4. The van der Waals surface area contributed by atoms with Crippen LogP contribution in [0.5, 0.6) is 0 Å². The molecule has 2 unspecified atom stereocenters. The standard InChI is InChI=1S/C25H36N2O4.C2HF3O2/c1-16(2)23(25(28)29)27(5)14-19-7-6-8-21(13-19)30-15-22-18(4)31-24(26-22)20-11-9-17(3)10-12-20;3-2(4,5)1(6)7/h9-12,16,19,21,23H,6-8,13-15H2,1-5H3,(H,28,29);(H,6,7)/t19?,21?,23-;/m0./s1. The molecule has 1 aromatic heterocycles. The number of aryl methyl sites for hydroxylation is 2. The lowest BCUT2D eigenvalue weighted by Crippen LogP contribution is -2.45. The minimum atomic E-state index is -5.08. The third-order valence-electron chi connectivity index (χ3n) is 6.53. The number of alkyl halides is 3. The van der Waals surface area contributed by atoms with Gasteiger partial charge < -0.3 is 19.4 Å². The molecule has 2 aromatic rings. The van der Waals surface area contributed by atoms with Crippen LogP contribution in [0.2, 0.25) is 0 Å². The lowest BCUT2D eigenvalue weighted by molar-refractivity contribution is -0.192. The Kier molecular flexibility index (Phi) is 11.3. The van der Waals surface area contributed by atoms with Crippen LogP contribution in [0.3, 0.4) is 0 Å². The average molecular weight is 543 g/mol. The molecule has 1 aliphatic carbocycles. The van der Waals surface area contributed by atoms with Crippen molar-refractivity contribution in [3.05, 3.63) is 41.3 Å². The van der Waals surface area contributed by atoms with Crippen molar-refractivity contribution in [3.63, 3.8) is 0 Å². The molecule has 0 saturated heterocycles. The van der Waals surface area contributed by atoms with Crippen LogP contribution in [0.4, 0.5) is 13.2 Å². The number of hydrogen-bond donors (Lipinski definition) is 2. The Morgan fingerprint density at radius 3 is 2.29 bits per heavy atom. The zero-order chi connectivity index (χ0) is 28.6. The second kappa shape index (κ2) is 13.7. The summed E-state index contributed by atoms with van der Waals surface area (Å²) in [5.41, 5.74) is 3.02. The largest absolute Gasteiger partial charge is 0.490 e. The molecule has 1 fully saturated rings. The number of aliphatic carboxylic acids is 2. The number of halogens is 3. The Morgan fingerprint density at radius 2 is 1.76 bits per heavy atom. The Hall–Kier alpha value is -2.92. The second-order valence-electron chi connectivity index (χ2n) is 10.1. The van der Waals surface area contributed by atoms with Gasteiger partial charge in [-0.05, 0) is 64.1 Å². The minimum Gasteiger partial charge on any atom is -0.480 e. The number of benzene rings is 1. The summed E-state index contributed by atoms with van der Waals surface area (Å²) < 4.78 is 43.8. The van der Waals surface area contributed by atoms with Gasteiger partial charge in [-0.3, -0.25) is 9.69 Å². The molecular formula is C27H37F3N2O6. The molecule has 0 amide bonds. The summed E-state index contributed by atoms with van der Waals surface area (Å²) in [7, 11) is 1.93. The monoisotopic (exact) mass is 542 g/mol. The van der Waals surface area contributed by atoms with E-state index in [1.165, 1.54) is 5.56 Å². The number of carboxylic acid groups (broad SMARTS) is 2. The molecule has 1 aromatic carbocycles. The fourth-order valence-corrected chi connectivity index (χ4v) is 4.64. The first-order valence-corrected chi connectivity index (χ1v) is 12.6. The quantitative estimate of drug-likeness (QED) is 0.414. The van der Waals surface area contributed by atoms with Crippen LogP contribution in [-0.2, 0) is 20.9 Å². The van der Waals surface area contributed by atoms with Gasteiger partial charge in [-0.2, -0.15) is 13.2 Å². The molecule has 212 valence electrons. The van der Waals surface area contributed by atoms with E-state index in [2.05, 4.69) is 24.0 Å². The molecule has 0 spiro atoms. The summed E-state index contributed by atoms with van der Waals surface area (Å²) in [4.78, 5) is 27.2.